The number of aryl methyl sites for hydroxylation is 1. The molecule has 0 spiro atoms. The van der Waals surface area contributed by atoms with E-state index in [2.05, 4.69) is 33.9 Å². The van der Waals surface area contributed by atoms with Crippen LogP contribution in [0.25, 0.3) is 0 Å². The molecule has 2 bridgehead atoms. The quantitative estimate of drug-likeness (QED) is 0.432. The number of halogens is 2. The van der Waals surface area contributed by atoms with Crippen molar-refractivity contribution in [3.05, 3.63) is 47.5 Å². The molecule has 6 nitrogen and oxygen atoms in total. The summed E-state index contributed by atoms with van der Waals surface area (Å²) in [5.41, 5.74) is 0.447. The number of amides is 1. The van der Waals surface area contributed by atoms with Crippen LogP contribution in [0.1, 0.15) is 119 Å². The smallest absolute Gasteiger partial charge is 0.248 e. The predicted molar refractivity (Wildman–Crippen MR) is 144 cm³/mol. The van der Waals surface area contributed by atoms with E-state index in [0.29, 0.717) is 18.4 Å². The van der Waals surface area contributed by atoms with Crippen molar-refractivity contribution in [2.75, 3.05) is 6.50 Å². The Labute approximate surface area is 231 Å². The molecule has 38 heavy (non-hydrogen) atoms. The number of nitrogens with zero attached hydrogens (tertiary/aromatic N) is 4. The number of fused-ring (bicyclic) bond motifs is 2. The normalized spacial score (nSPS) is 29.2. The Bertz CT molecular complexity index is 1230. The average Bonchev–Trinajstić information content (AvgIpc) is 3.32. The first-order valence-corrected chi connectivity index (χ1v) is 14.2. The molecule has 2 unspecified atom stereocenters. The van der Waals surface area contributed by atoms with Gasteiger partial charge >= 0.3 is 0 Å². The Morgan fingerprint density at radius 1 is 1.08 bits per heavy atom. The molecule has 3 aliphatic rings. The Balaban J connectivity index is 1.43. The molecule has 3 heterocycles. The van der Waals surface area contributed by atoms with Crippen molar-refractivity contribution in [3.8, 4) is 0 Å². The van der Waals surface area contributed by atoms with Crippen molar-refractivity contribution >= 4 is 5.91 Å². The highest BCUT2D eigenvalue weighted by Gasteiger charge is 2.41. The Hall–Kier alpha value is -2.35. The molecule has 2 aromatic rings. The standard InChI is InChI=1S/C30H43F2N5O/c1-20(2)28-35-34-21(3)37(28)26-18-24-10-7-11-25(19-26)36(24)17-14-27(22-8-5-4-6-9-22)33-29(38)23-12-15-30(31,32)16-13-23/h4-6,8-9,20,23-27H,7,10-19H2,1-3H3,(H,33,38)/t24?,25?,26?,27-/m0/s1/i14D2,17D2. The molecule has 8 heteroatoms. The lowest BCUT2D eigenvalue weighted by atomic mass is 9.81. The summed E-state index contributed by atoms with van der Waals surface area (Å²) in [5, 5.41) is 11.5. The van der Waals surface area contributed by atoms with Crippen LogP contribution in [0.2, 0.25) is 0 Å². The minimum atomic E-state index is -2.78. The summed E-state index contributed by atoms with van der Waals surface area (Å²) in [6.45, 7) is 3.68. The van der Waals surface area contributed by atoms with E-state index < -0.39 is 36.7 Å². The molecule has 208 valence electrons. The first-order chi connectivity index (χ1) is 19.7. The lowest BCUT2D eigenvalue weighted by molar-refractivity contribution is -0.130. The minimum absolute atomic E-state index is 0.0226. The van der Waals surface area contributed by atoms with Crippen LogP contribution in [-0.2, 0) is 4.79 Å². The second-order valence-electron chi connectivity index (χ2n) is 11.6. The summed E-state index contributed by atoms with van der Waals surface area (Å²) >= 11 is 0. The fraction of sp³-hybridized carbons (Fsp3) is 0.700. The van der Waals surface area contributed by atoms with E-state index in [1.54, 1.807) is 35.2 Å². The molecule has 5 rings (SSSR count). The van der Waals surface area contributed by atoms with E-state index in [1.807, 2.05) is 6.92 Å². The molecular formula is C30H43F2N5O. The Morgan fingerprint density at radius 2 is 1.74 bits per heavy atom. The van der Waals surface area contributed by atoms with Gasteiger partial charge in [-0.1, -0.05) is 50.6 Å². The lowest BCUT2D eigenvalue weighted by Gasteiger charge is -2.50. The average molecular weight is 532 g/mol. The van der Waals surface area contributed by atoms with Crippen LogP contribution < -0.4 is 5.32 Å². The van der Waals surface area contributed by atoms with Gasteiger partial charge in [0, 0.05) is 54.8 Å². The number of alkyl halides is 2. The van der Waals surface area contributed by atoms with Crippen LogP contribution in [-0.4, -0.2) is 50.1 Å². The fourth-order valence-electron chi connectivity index (χ4n) is 6.53. The number of hydrogen-bond donors (Lipinski definition) is 1. The summed E-state index contributed by atoms with van der Waals surface area (Å²) in [7, 11) is 0. The highest BCUT2D eigenvalue weighted by Crippen LogP contribution is 2.41. The number of carbonyl (C=O) groups is 1. The molecule has 1 amide bonds. The number of rotatable bonds is 8. The van der Waals surface area contributed by atoms with Crippen LogP contribution in [0.15, 0.2) is 30.3 Å². The van der Waals surface area contributed by atoms with E-state index in [4.69, 9.17) is 0 Å². The van der Waals surface area contributed by atoms with Crippen LogP contribution >= 0.6 is 0 Å². The summed E-state index contributed by atoms with van der Waals surface area (Å²) in [6.07, 6.45) is 0.518. The molecular weight excluding hydrogens is 484 g/mol. The van der Waals surface area contributed by atoms with Crippen molar-refractivity contribution in [3.63, 3.8) is 0 Å². The number of piperidine rings is 2. The number of benzene rings is 1. The molecule has 1 aromatic heterocycles. The summed E-state index contributed by atoms with van der Waals surface area (Å²) < 4.78 is 67.1. The molecule has 2 saturated heterocycles. The van der Waals surface area contributed by atoms with Crippen molar-refractivity contribution < 1.29 is 19.1 Å². The van der Waals surface area contributed by atoms with Gasteiger partial charge < -0.3 is 9.88 Å². The van der Waals surface area contributed by atoms with Gasteiger partial charge in [-0.25, -0.2) is 8.78 Å². The second-order valence-corrected chi connectivity index (χ2v) is 11.6. The maximum absolute atomic E-state index is 13.8. The highest BCUT2D eigenvalue weighted by atomic mass is 19.3. The first kappa shape index (κ1) is 22.5. The number of hydrogen-bond acceptors (Lipinski definition) is 4. The zero-order valence-corrected chi connectivity index (χ0v) is 22.7. The molecule has 0 radical (unpaired) electrons. The van der Waals surface area contributed by atoms with Gasteiger partial charge in [-0.3, -0.25) is 9.69 Å². The highest BCUT2D eigenvalue weighted by molar-refractivity contribution is 5.79. The van der Waals surface area contributed by atoms with Gasteiger partial charge in [0.15, 0.2) is 0 Å². The van der Waals surface area contributed by atoms with Crippen LogP contribution in [0.5, 0.6) is 0 Å². The summed E-state index contributed by atoms with van der Waals surface area (Å²) in [4.78, 5) is 15.1. The number of nitrogens with one attached hydrogen (secondary N) is 1. The van der Waals surface area contributed by atoms with Gasteiger partial charge in [0.1, 0.15) is 11.6 Å². The monoisotopic (exact) mass is 531 g/mol. The summed E-state index contributed by atoms with van der Waals surface area (Å²) in [5.74, 6) is -2.00. The molecule has 3 fully saturated rings. The van der Waals surface area contributed by atoms with E-state index in [9.17, 15) is 19.1 Å². The van der Waals surface area contributed by atoms with E-state index in [0.717, 1.165) is 30.9 Å². The van der Waals surface area contributed by atoms with Gasteiger partial charge in [-0.2, -0.15) is 0 Å². The maximum Gasteiger partial charge on any atom is 0.248 e. The molecule has 1 aliphatic carbocycles. The van der Waals surface area contributed by atoms with E-state index in [1.165, 1.54) is 0 Å². The van der Waals surface area contributed by atoms with Crippen molar-refractivity contribution in [2.24, 2.45) is 5.92 Å². The van der Waals surface area contributed by atoms with E-state index >= 15 is 0 Å². The molecule has 1 aromatic carbocycles. The third-order valence-electron chi connectivity index (χ3n) is 8.57. The maximum atomic E-state index is 13.8. The zero-order valence-electron chi connectivity index (χ0n) is 26.7. The van der Waals surface area contributed by atoms with Gasteiger partial charge in [0.2, 0.25) is 11.8 Å². The Morgan fingerprint density at radius 3 is 2.37 bits per heavy atom. The number of aromatic nitrogens is 3. The van der Waals surface area contributed by atoms with Crippen molar-refractivity contribution in [1.29, 1.82) is 0 Å². The second kappa shape index (κ2) is 11.4. The number of carbonyl (C=O) groups excluding carboxylic acids is 1. The van der Waals surface area contributed by atoms with Crippen LogP contribution in [0.4, 0.5) is 8.78 Å². The predicted octanol–water partition coefficient (Wildman–Crippen LogP) is 6.34. The van der Waals surface area contributed by atoms with Gasteiger partial charge in [0.25, 0.3) is 0 Å². The van der Waals surface area contributed by atoms with E-state index in [-0.39, 0.29) is 49.7 Å². The van der Waals surface area contributed by atoms with Crippen molar-refractivity contribution in [2.45, 2.75) is 121 Å². The zero-order chi connectivity index (χ0) is 30.4. The molecule has 2 aliphatic heterocycles. The Kier molecular flexibility index (Phi) is 6.74. The SMILES string of the molecule is [2H]C([2H])([C@H](NC(=O)C1CCC(F)(F)CC1)c1ccccc1)C([2H])([2H])N1C2CCCC1CC(n1c(C)nnc1C(C)C)C2. The summed E-state index contributed by atoms with van der Waals surface area (Å²) in [6, 6.07) is 7.03. The third-order valence-corrected chi connectivity index (χ3v) is 8.57. The lowest BCUT2D eigenvalue weighted by Crippen LogP contribution is -2.53. The topological polar surface area (TPSA) is 63.1 Å². The minimum Gasteiger partial charge on any atom is -0.349 e. The van der Waals surface area contributed by atoms with Gasteiger partial charge in [-0.15, -0.1) is 10.2 Å². The van der Waals surface area contributed by atoms with Crippen LogP contribution in [0, 0.1) is 12.8 Å². The molecule has 3 atom stereocenters. The fourth-order valence-corrected chi connectivity index (χ4v) is 6.53. The van der Waals surface area contributed by atoms with Crippen molar-refractivity contribution in [1.82, 2.24) is 25.0 Å². The van der Waals surface area contributed by atoms with Gasteiger partial charge in [-0.05, 0) is 57.4 Å². The third kappa shape index (κ3) is 5.95. The van der Waals surface area contributed by atoms with Crippen LogP contribution in [0.3, 0.4) is 0 Å². The molecule has 1 N–H and O–H groups in total. The first-order valence-electron chi connectivity index (χ1n) is 16.2. The molecule has 1 saturated carbocycles. The van der Waals surface area contributed by atoms with Gasteiger partial charge in [0.05, 0.1) is 6.04 Å². The largest absolute Gasteiger partial charge is 0.349 e.